The summed E-state index contributed by atoms with van der Waals surface area (Å²) in [6.07, 6.45) is 5.51. The van der Waals surface area contributed by atoms with Crippen LogP contribution in [0.2, 0.25) is 0 Å². The second kappa shape index (κ2) is 8.92. The maximum Gasteiger partial charge on any atom is 0.243 e. The number of aryl methyl sites for hydroxylation is 4. The van der Waals surface area contributed by atoms with Crippen LogP contribution in [0.5, 0.6) is 0 Å². The maximum absolute atomic E-state index is 12.7. The van der Waals surface area contributed by atoms with Gasteiger partial charge in [-0.1, -0.05) is 25.5 Å². The van der Waals surface area contributed by atoms with Crippen molar-refractivity contribution in [1.29, 1.82) is 0 Å². The average Bonchev–Trinajstić information content (AvgIpc) is 3.08. The number of nitrogens with zero attached hydrogens (tertiary/aromatic N) is 1. The molecule has 2 atom stereocenters. The molecule has 1 aromatic carbocycles. The van der Waals surface area contributed by atoms with Gasteiger partial charge in [0.05, 0.1) is 0 Å². The number of piperazine rings is 1. The molecule has 3 heterocycles. The zero-order chi connectivity index (χ0) is 22.0. The van der Waals surface area contributed by atoms with Crippen LogP contribution < -0.4 is 10.6 Å². The van der Waals surface area contributed by atoms with Crippen LogP contribution in [0.15, 0.2) is 36.5 Å². The van der Waals surface area contributed by atoms with Crippen molar-refractivity contribution in [3.05, 3.63) is 64.6 Å². The van der Waals surface area contributed by atoms with Crippen molar-refractivity contribution < 1.29 is 9.59 Å². The lowest BCUT2D eigenvalue weighted by atomic mass is 9.93. The molecular weight excluding hydrogens is 388 g/mol. The summed E-state index contributed by atoms with van der Waals surface area (Å²) in [5, 5.41) is 7.10. The predicted molar refractivity (Wildman–Crippen MR) is 122 cm³/mol. The van der Waals surface area contributed by atoms with Crippen LogP contribution in [-0.4, -0.2) is 33.9 Å². The lowest BCUT2D eigenvalue weighted by Gasteiger charge is -2.29. The number of H-pyrrole nitrogens is 1. The molecular formula is C25H30N4O2. The third-order valence-electron chi connectivity index (χ3n) is 6.21. The lowest BCUT2D eigenvalue weighted by Crippen LogP contribution is -2.62. The predicted octanol–water partition coefficient (Wildman–Crippen LogP) is 3.29. The van der Waals surface area contributed by atoms with Gasteiger partial charge >= 0.3 is 0 Å². The van der Waals surface area contributed by atoms with Crippen LogP contribution in [-0.2, 0) is 28.9 Å². The SMILES string of the molecule is CCCc1c(C)ccc2[nH]c(C)c(CC[C@H]3NC(=O)[C@H](Cc4ccccn4)NC3=O)c12. The summed E-state index contributed by atoms with van der Waals surface area (Å²) in [4.78, 5) is 33.1. The van der Waals surface area contributed by atoms with E-state index in [0.29, 0.717) is 12.8 Å². The Labute approximate surface area is 182 Å². The van der Waals surface area contributed by atoms with E-state index in [9.17, 15) is 9.59 Å². The van der Waals surface area contributed by atoms with E-state index in [0.717, 1.165) is 36.2 Å². The van der Waals surface area contributed by atoms with Gasteiger partial charge in [-0.25, -0.2) is 0 Å². The van der Waals surface area contributed by atoms with Crippen molar-refractivity contribution in [2.75, 3.05) is 0 Å². The highest BCUT2D eigenvalue weighted by Crippen LogP contribution is 2.30. The van der Waals surface area contributed by atoms with Gasteiger partial charge in [-0.3, -0.25) is 14.6 Å². The normalized spacial score (nSPS) is 18.8. The number of aromatic nitrogens is 2. The number of fused-ring (bicyclic) bond motifs is 1. The maximum atomic E-state index is 12.7. The molecule has 0 radical (unpaired) electrons. The van der Waals surface area contributed by atoms with Crippen molar-refractivity contribution in [2.24, 2.45) is 0 Å². The second-order valence-electron chi connectivity index (χ2n) is 8.45. The fraction of sp³-hybridized carbons (Fsp3) is 0.400. The first kappa shape index (κ1) is 21.1. The molecule has 0 unspecified atom stereocenters. The first-order valence-electron chi connectivity index (χ1n) is 11.1. The van der Waals surface area contributed by atoms with E-state index in [1.54, 1.807) is 6.20 Å². The van der Waals surface area contributed by atoms with Crippen LogP contribution in [0.25, 0.3) is 10.9 Å². The summed E-state index contributed by atoms with van der Waals surface area (Å²) in [7, 11) is 0. The first-order chi connectivity index (χ1) is 15.0. The van der Waals surface area contributed by atoms with E-state index in [4.69, 9.17) is 0 Å². The highest BCUT2D eigenvalue weighted by Gasteiger charge is 2.33. The molecule has 3 N–H and O–H groups in total. The Balaban J connectivity index is 1.48. The van der Waals surface area contributed by atoms with Gasteiger partial charge in [0.1, 0.15) is 12.1 Å². The average molecular weight is 419 g/mol. The van der Waals surface area contributed by atoms with Gasteiger partial charge in [-0.05, 0) is 68.0 Å². The molecule has 4 rings (SSSR count). The number of nitrogens with one attached hydrogen (secondary N) is 3. The fourth-order valence-corrected chi connectivity index (χ4v) is 4.59. The van der Waals surface area contributed by atoms with Gasteiger partial charge in [-0.2, -0.15) is 0 Å². The number of hydrogen-bond acceptors (Lipinski definition) is 3. The smallest absolute Gasteiger partial charge is 0.243 e. The zero-order valence-electron chi connectivity index (χ0n) is 18.4. The van der Waals surface area contributed by atoms with E-state index in [1.807, 2.05) is 18.2 Å². The van der Waals surface area contributed by atoms with Crippen molar-refractivity contribution in [2.45, 2.75) is 65.0 Å². The summed E-state index contributed by atoms with van der Waals surface area (Å²) in [5.41, 5.74) is 7.00. The molecule has 162 valence electrons. The van der Waals surface area contributed by atoms with Crippen molar-refractivity contribution >= 4 is 22.7 Å². The molecule has 1 aliphatic rings. The van der Waals surface area contributed by atoms with Crippen LogP contribution >= 0.6 is 0 Å². The quantitative estimate of drug-likeness (QED) is 0.550. The summed E-state index contributed by atoms with van der Waals surface area (Å²) in [6.45, 7) is 6.44. The molecule has 3 aromatic rings. The minimum Gasteiger partial charge on any atom is -0.358 e. The highest BCUT2D eigenvalue weighted by molar-refractivity contribution is 5.97. The minimum absolute atomic E-state index is 0.122. The molecule has 0 spiro atoms. The van der Waals surface area contributed by atoms with Crippen molar-refractivity contribution in [1.82, 2.24) is 20.6 Å². The monoisotopic (exact) mass is 418 g/mol. The van der Waals surface area contributed by atoms with Crippen LogP contribution in [0.4, 0.5) is 0 Å². The largest absolute Gasteiger partial charge is 0.358 e. The molecule has 2 aromatic heterocycles. The van der Waals surface area contributed by atoms with E-state index in [1.165, 1.54) is 22.1 Å². The molecule has 0 saturated carbocycles. The number of hydrogen-bond donors (Lipinski definition) is 3. The Morgan fingerprint density at radius 3 is 2.45 bits per heavy atom. The van der Waals surface area contributed by atoms with E-state index >= 15 is 0 Å². The Kier molecular flexibility index (Phi) is 6.07. The molecule has 1 aliphatic heterocycles. The number of carbonyl (C=O) groups excluding carboxylic acids is 2. The van der Waals surface area contributed by atoms with Crippen LogP contribution in [0, 0.1) is 13.8 Å². The van der Waals surface area contributed by atoms with Gasteiger partial charge in [0.15, 0.2) is 0 Å². The molecule has 6 nitrogen and oxygen atoms in total. The van der Waals surface area contributed by atoms with Gasteiger partial charge < -0.3 is 15.6 Å². The molecule has 2 amide bonds. The number of rotatable bonds is 7. The van der Waals surface area contributed by atoms with Gasteiger partial charge in [0.25, 0.3) is 0 Å². The Bertz CT molecular complexity index is 1100. The summed E-state index contributed by atoms with van der Waals surface area (Å²) in [5.74, 6) is -0.267. The van der Waals surface area contributed by atoms with Gasteiger partial charge in [0.2, 0.25) is 11.8 Å². The molecule has 0 bridgehead atoms. The summed E-state index contributed by atoms with van der Waals surface area (Å²) in [6, 6.07) is 8.79. The molecule has 31 heavy (non-hydrogen) atoms. The second-order valence-corrected chi connectivity index (χ2v) is 8.45. The number of benzene rings is 1. The van der Waals surface area contributed by atoms with Crippen LogP contribution in [0.1, 0.15) is 47.8 Å². The summed E-state index contributed by atoms with van der Waals surface area (Å²) < 4.78 is 0. The Morgan fingerprint density at radius 2 is 1.71 bits per heavy atom. The Hall–Kier alpha value is -3.15. The van der Waals surface area contributed by atoms with Gasteiger partial charge in [-0.15, -0.1) is 0 Å². The zero-order valence-corrected chi connectivity index (χ0v) is 18.4. The van der Waals surface area contributed by atoms with Crippen molar-refractivity contribution in [3.63, 3.8) is 0 Å². The van der Waals surface area contributed by atoms with Crippen LogP contribution in [0.3, 0.4) is 0 Å². The van der Waals surface area contributed by atoms with Gasteiger partial charge in [0, 0.05) is 34.9 Å². The minimum atomic E-state index is -0.577. The molecule has 0 aliphatic carbocycles. The number of carbonyl (C=O) groups is 2. The first-order valence-corrected chi connectivity index (χ1v) is 11.1. The number of pyridine rings is 1. The third-order valence-corrected chi connectivity index (χ3v) is 6.21. The fourth-order valence-electron chi connectivity index (χ4n) is 4.59. The lowest BCUT2D eigenvalue weighted by molar-refractivity contribution is -0.136. The van der Waals surface area contributed by atoms with Crippen molar-refractivity contribution in [3.8, 4) is 0 Å². The summed E-state index contributed by atoms with van der Waals surface area (Å²) >= 11 is 0. The Morgan fingerprint density at radius 1 is 0.935 bits per heavy atom. The van der Waals surface area contributed by atoms with E-state index < -0.39 is 12.1 Å². The molecule has 6 heteroatoms. The number of aromatic amines is 1. The third kappa shape index (κ3) is 4.33. The molecule has 1 saturated heterocycles. The van der Waals surface area contributed by atoms with E-state index in [-0.39, 0.29) is 11.8 Å². The highest BCUT2D eigenvalue weighted by atomic mass is 16.2. The standard InChI is InChI=1S/C25H30N4O2/c1-4-7-18-15(2)9-11-20-23(18)19(16(3)27-20)10-12-21-24(30)29-22(25(31)28-21)14-17-8-5-6-13-26-17/h5-6,8-9,11,13,21-22,27H,4,7,10,12,14H2,1-3H3,(H,28,31)(H,29,30)/t21-,22+/m1/s1. The topological polar surface area (TPSA) is 86.9 Å². The molecule has 1 fully saturated rings. The number of amides is 2. The van der Waals surface area contributed by atoms with E-state index in [2.05, 4.69) is 53.5 Å².